The maximum atomic E-state index is 12.1. The predicted molar refractivity (Wildman–Crippen MR) is 73.3 cm³/mol. The second-order valence-corrected chi connectivity index (χ2v) is 5.16. The third-order valence-electron chi connectivity index (χ3n) is 3.37. The molecule has 1 aromatic heterocycles. The molecule has 1 aliphatic rings. The van der Waals surface area contributed by atoms with Gasteiger partial charge in [0.25, 0.3) is 5.91 Å². The number of amides is 1. The van der Waals surface area contributed by atoms with Crippen LogP contribution in [-0.2, 0) is 13.0 Å². The highest BCUT2D eigenvalue weighted by Gasteiger charge is 2.20. The van der Waals surface area contributed by atoms with Crippen molar-refractivity contribution in [1.29, 1.82) is 0 Å². The van der Waals surface area contributed by atoms with Crippen LogP contribution in [0.3, 0.4) is 0 Å². The highest BCUT2D eigenvalue weighted by Crippen LogP contribution is 2.15. The molecule has 0 aliphatic carbocycles. The van der Waals surface area contributed by atoms with E-state index >= 15 is 0 Å². The lowest BCUT2D eigenvalue weighted by atomic mass is 10.0. The Morgan fingerprint density at radius 1 is 1.42 bits per heavy atom. The highest BCUT2D eigenvalue weighted by molar-refractivity contribution is 6.30. The van der Waals surface area contributed by atoms with Crippen LogP contribution in [0.15, 0.2) is 36.5 Å². The van der Waals surface area contributed by atoms with E-state index in [-0.39, 0.29) is 11.9 Å². The summed E-state index contributed by atoms with van der Waals surface area (Å²) in [5.41, 5.74) is 1.77. The number of fused-ring (bicyclic) bond motifs is 1. The van der Waals surface area contributed by atoms with Crippen LogP contribution in [0.4, 0.5) is 0 Å². The number of aromatic nitrogens is 2. The van der Waals surface area contributed by atoms with Gasteiger partial charge in [-0.1, -0.05) is 17.7 Å². The Morgan fingerprint density at radius 2 is 2.32 bits per heavy atom. The maximum absolute atomic E-state index is 12.1. The molecule has 0 fully saturated rings. The Balaban J connectivity index is 1.68. The number of nitrogens with zero attached hydrogens (tertiary/aromatic N) is 2. The first-order valence-electron chi connectivity index (χ1n) is 6.29. The van der Waals surface area contributed by atoms with Crippen molar-refractivity contribution in [1.82, 2.24) is 15.1 Å². The van der Waals surface area contributed by atoms with Gasteiger partial charge in [0.1, 0.15) is 0 Å². The van der Waals surface area contributed by atoms with E-state index in [1.54, 1.807) is 30.5 Å². The third-order valence-corrected chi connectivity index (χ3v) is 3.61. The number of carbonyl (C=O) groups excluding carboxylic acids is 1. The van der Waals surface area contributed by atoms with Gasteiger partial charge in [0.2, 0.25) is 0 Å². The number of rotatable bonds is 2. The average molecular weight is 276 g/mol. The van der Waals surface area contributed by atoms with Crippen molar-refractivity contribution in [2.75, 3.05) is 0 Å². The molecule has 0 saturated heterocycles. The minimum atomic E-state index is -0.0690. The molecular weight excluding hydrogens is 262 g/mol. The van der Waals surface area contributed by atoms with E-state index in [2.05, 4.69) is 10.4 Å². The van der Waals surface area contributed by atoms with Gasteiger partial charge in [-0.3, -0.25) is 9.48 Å². The van der Waals surface area contributed by atoms with Crippen molar-refractivity contribution in [3.8, 4) is 0 Å². The molecule has 98 valence electrons. The molecule has 0 radical (unpaired) electrons. The normalized spacial score (nSPS) is 17.8. The van der Waals surface area contributed by atoms with E-state index in [1.807, 2.05) is 10.7 Å². The van der Waals surface area contributed by atoms with E-state index in [0.29, 0.717) is 10.6 Å². The lowest BCUT2D eigenvalue weighted by molar-refractivity contribution is 0.0930. The van der Waals surface area contributed by atoms with E-state index in [1.165, 1.54) is 5.69 Å². The number of aryl methyl sites for hydroxylation is 1. The highest BCUT2D eigenvalue weighted by atomic mass is 35.5. The van der Waals surface area contributed by atoms with Gasteiger partial charge in [0, 0.05) is 41.5 Å². The molecule has 0 saturated carbocycles. The molecular formula is C14H14ClN3O. The fraction of sp³-hybridized carbons (Fsp3) is 0.286. The zero-order valence-corrected chi connectivity index (χ0v) is 11.1. The molecule has 0 unspecified atom stereocenters. The lowest BCUT2D eigenvalue weighted by Gasteiger charge is -2.24. The summed E-state index contributed by atoms with van der Waals surface area (Å²) in [6.07, 6.45) is 3.53. The number of hydrogen-bond donors (Lipinski definition) is 1. The summed E-state index contributed by atoms with van der Waals surface area (Å²) in [6.45, 7) is 0.850. The standard InChI is InChI=1S/C14H14ClN3O/c15-11-3-1-2-10(8-11)14(19)17-12-5-7-18-13(9-12)4-6-16-18/h1-4,6,8,12H,5,7,9H2,(H,17,19)/t12-/m1/s1. The minimum absolute atomic E-state index is 0.0690. The van der Waals surface area contributed by atoms with Crippen LogP contribution < -0.4 is 5.32 Å². The first kappa shape index (κ1) is 12.2. The second-order valence-electron chi connectivity index (χ2n) is 4.72. The number of nitrogens with one attached hydrogen (secondary N) is 1. The van der Waals surface area contributed by atoms with E-state index in [9.17, 15) is 4.79 Å². The molecule has 0 spiro atoms. The zero-order valence-electron chi connectivity index (χ0n) is 10.3. The van der Waals surface area contributed by atoms with E-state index in [4.69, 9.17) is 11.6 Å². The molecule has 1 N–H and O–H groups in total. The van der Waals surface area contributed by atoms with Crippen LogP contribution in [0, 0.1) is 0 Å². The SMILES string of the molecule is O=C(N[C@@H]1CCn2nccc2C1)c1cccc(Cl)c1. The molecule has 2 heterocycles. The van der Waals surface area contributed by atoms with Crippen molar-refractivity contribution in [3.63, 3.8) is 0 Å². The van der Waals surface area contributed by atoms with Crippen LogP contribution >= 0.6 is 11.6 Å². The number of benzene rings is 1. The van der Waals surface area contributed by atoms with Crippen LogP contribution in [0.1, 0.15) is 22.5 Å². The zero-order chi connectivity index (χ0) is 13.2. The van der Waals surface area contributed by atoms with Gasteiger partial charge in [-0.15, -0.1) is 0 Å². The van der Waals surface area contributed by atoms with Crippen molar-refractivity contribution < 1.29 is 4.79 Å². The second kappa shape index (κ2) is 5.05. The summed E-state index contributed by atoms with van der Waals surface area (Å²) in [7, 11) is 0. The topological polar surface area (TPSA) is 46.9 Å². The number of halogens is 1. The Morgan fingerprint density at radius 3 is 3.16 bits per heavy atom. The van der Waals surface area contributed by atoms with Crippen molar-refractivity contribution in [3.05, 3.63) is 52.8 Å². The van der Waals surface area contributed by atoms with Gasteiger partial charge in [-0.2, -0.15) is 5.10 Å². The van der Waals surface area contributed by atoms with E-state index < -0.39 is 0 Å². The number of carbonyl (C=O) groups is 1. The van der Waals surface area contributed by atoms with Gasteiger partial charge < -0.3 is 5.32 Å². The molecule has 1 aromatic carbocycles. The smallest absolute Gasteiger partial charge is 0.251 e. The lowest BCUT2D eigenvalue weighted by Crippen LogP contribution is -2.40. The molecule has 3 rings (SSSR count). The maximum Gasteiger partial charge on any atom is 0.251 e. The van der Waals surface area contributed by atoms with Gasteiger partial charge in [-0.25, -0.2) is 0 Å². The van der Waals surface area contributed by atoms with Crippen LogP contribution in [0.25, 0.3) is 0 Å². The molecule has 2 aromatic rings. The monoisotopic (exact) mass is 275 g/mol. The summed E-state index contributed by atoms with van der Waals surface area (Å²) in [5.74, 6) is -0.0690. The van der Waals surface area contributed by atoms with Gasteiger partial charge in [0.05, 0.1) is 0 Å². The van der Waals surface area contributed by atoms with Crippen LogP contribution in [0.2, 0.25) is 5.02 Å². The fourth-order valence-electron chi connectivity index (χ4n) is 2.39. The van der Waals surface area contributed by atoms with Gasteiger partial charge >= 0.3 is 0 Å². The molecule has 1 aliphatic heterocycles. The largest absolute Gasteiger partial charge is 0.349 e. The molecule has 5 heteroatoms. The summed E-state index contributed by atoms with van der Waals surface area (Å²) < 4.78 is 1.99. The van der Waals surface area contributed by atoms with Crippen LogP contribution in [0.5, 0.6) is 0 Å². The predicted octanol–water partition coefficient (Wildman–Crippen LogP) is 2.28. The Labute approximate surface area is 116 Å². The van der Waals surface area contributed by atoms with Crippen molar-refractivity contribution in [2.45, 2.75) is 25.4 Å². The molecule has 1 amide bonds. The quantitative estimate of drug-likeness (QED) is 0.914. The third kappa shape index (κ3) is 2.63. The Bertz CT molecular complexity index is 608. The summed E-state index contributed by atoms with van der Waals surface area (Å²) in [4.78, 5) is 12.1. The minimum Gasteiger partial charge on any atom is -0.349 e. The fourth-order valence-corrected chi connectivity index (χ4v) is 2.58. The Kier molecular flexibility index (Phi) is 3.25. The number of hydrogen-bond acceptors (Lipinski definition) is 2. The average Bonchev–Trinajstić information content (AvgIpc) is 2.86. The molecule has 1 atom stereocenters. The van der Waals surface area contributed by atoms with E-state index in [0.717, 1.165) is 19.4 Å². The summed E-state index contributed by atoms with van der Waals surface area (Å²) in [6, 6.07) is 9.16. The van der Waals surface area contributed by atoms with Crippen molar-refractivity contribution in [2.24, 2.45) is 0 Å². The summed E-state index contributed by atoms with van der Waals surface area (Å²) in [5, 5.41) is 7.86. The van der Waals surface area contributed by atoms with Gasteiger partial charge in [0.15, 0.2) is 0 Å². The first-order valence-corrected chi connectivity index (χ1v) is 6.67. The van der Waals surface area contributed by atoms with Crippen molar-refractivity contribution >= 4 is 17.5 Å². The summed E-state index contributed by atoms with van der Waals surface area (Å²) >= 11 is 5.89. The Hall–Kier alpha value is -1.81. The molecule has 19 heavy (non-hydrogen) atoms. The first-order chi connectivity index (χ1) is 9.22. The van der Waals surface area contributed by atoms with Gasteiger partial charge in [-0.05, 0) is 30.7 Å². The molecule has 4 nitrogen and oxygen atoms in total. The van der Waals surface area contributed by atoms with Crippen LogP contribution in [-0.4, -0.2) is 21.7 Å². The molecule has 0 bridgehead atoms.